The highest BCUT2D eigenvalue weighted by Gasteiger charge is 2.50. The van der Waals surface area contributed by atoms with Crippen molar-refractivity contribution in [3.05, 3.63) is 41.6 Å². The largest absolute Gasteiger partial charge is 0.457 e. The smallest absolute Gasteiger partial charge is 0.420 e. The number of carbonyl (C=O) groups excluding carboxylic acids is 1. The average molecular weight is 353 g/mol. The van der Waals surface area contributed by atoms with Crippen LogP contribution in [0.4, 0.5) is 0 Å². The second-order valence-electron chi connectivity index (χ2n) is 4.31. The summed E-state index contributed by atoms with van der Waals surface area (Å²) in [7, 11) is 0. The predicted octanol–water partition coefficient (Wildman–Crippen LogP) is 2.25. The van der Waals surface area contributed by atoms with Crippen LogP contribution in [0.1, 0.15) is 12.7 Å². The highest BCUT2D eigenvalue weighted by Crippen LogP contribution is 2.30. The van der Waals surface area contributed by atoms with Crippen molar-refractivity contribution in [1.29, 1.82) is 0 Å². The normalized spacial score (nSPS) is 13.5. The standard InChI is InChI=1S/C14H13BrN2O4/c1-2-20-13(18)12(17-16)14(19,8-15)11-7-9-5-3-4-6-10(9)21-11/h3-7,19H,2,8H2,1H3. The van der Waals surface area contributed by atoms with Crippen LogP contribution in [0.2, 0.25) is 0 Å². The number of hydrogen-bond donors (Lipinski definition) is 1. The summed E-state index contributed by atoms with van der Waals surface area (Å²) in [5, 5.41) is 11.4. The van der Waals surface area contributed by atoms with Crippen molar-refractivity contribution in [3.8, 4) is 0 Å². The van der Waals surface area contributed by atoms with Crippen molar-refractivity contribution in [3.63, 3.8) is 0 Å². The number of carbonyl (C=O) groups is 1. The molecular weight excluding hydrogens is 340 g/mol. The summed E-state index contributed by atoms with van der Waals surface area (Å²) >= 11 is 3.12. The topological polar surface area (TPSA) is 96.1 Å². The van der Waals surface area contributed by atoms with Gasteiger partial charge in [-0.3, -0.25) is 0 Å². The van der Waals surface area contributed by atoms with Crippen LogP contribution < -0.4 is 0 Å². The Morgan fingerprint density at radius 1 is 1.52 bits per heavy atom. The van der Waals surface area contributed by atoms with E-state index in [4.69, 9.17) is 14.7 Å². The van der Waals surface area contributed by atoms with Gasteiger partial charge >= 0.3 is 11.7 Å². The summed E-state index contributed by atoms with van der Waals surface area (Å²) < 4.78 is 10.3. The fourth-order valence-electron chi connectivity index (χ4n) is 1.92. The van der Waals surface area contributed by atoms with E-state index in [0.717, 1.165) is 5.39 Å². The number of furan rings is 1. The first-order valence-corrected chi connectivity index (χ1v) is 7.36. The third-order valence-electron chi connectivity index (χ3n) is 2.99. The molecule has 2 rings (SSSR count). The van der Waals surface area contributed by atoms with Gasteiger partial charge in [0, 0.05) is 5.39 Å². The molecule has 110 valence electrons. The molecule has 0 aliphatic heterocycles. The Labute approximate surface area is 129 Å². The van der Waals surface area contributed by atoms with Crippen LogP contribution in [-0.2, 0) is 15.1 Å². The molecule has 0 aliphatic carbocycles. The molecule has 0 spiro atoms. The van der Waals surface area contributed by atoms with Gasteiger partial charge in [0.2, 0.25) is 5.60 Å². The summed E-state index contributed by atoms with van der Waals surface area (Å²) in [6, 6.07) is 8.72. The van der Waals surface area contributed by atoms with Gasteiger partial charge in [-0.05, 0) is 19.1 Å². The Hall–Kier alpha value is -1.95. The molecule has 0 saturated carbocycles. The van der Waals surface area contributed by atoms with Gasteiger partial charge in [-0.15, -0.1) is 0 Å². The fraction of sp³-hybridized carbons (Fsp3) is 0.286. The Morgan fingerprint density at radius 2 is 2.24 bits per heavy atom. The quantitative estimate of drug-likeness (QED) is 0.293. The Bertz CT molecular complexity index is 688. The molecule has 1 aromatic carbocycles. The molecule has 1 N–H and O–H groups in total. The van der Waals surface area contributed by atoms with Crippen molar-refractivity contribution in [2.24, 2.45) is 0 Å². The number of rotatable bonds is 5. The molecule has 7 heteroatoms. The van der Waals surface area contributed by atoms with Crippen molar-refractivity contribution in [2.75, 3.05) is 11.9 Å². The van der Waals surface area contributed by atoms with E-state index in [0.29, 0.717) is 5.58 Å². The minimum atomic E-state index is -1.93. The SMILES string of the molecule is CCOC(=O)C(=[N+]=[N-])C(O)(CBr)c1cc2ccccc2o1. The fourth-order valence-corrected chi connectivity index (χ4v) is 2.47. The van der Waals surface area contributed by atoms with E-state index in [9.17, 15) is 9.90 Å². The zero-order valence-electron chi connectivity index (χ0n) is 11.2. The molecule has 0 aliphatic rings. The van der Waals surface area contributed by atoms with Crippen molar-refractivity contribution in [1.82, 2.24) is 0 Å². The van der Waals surface area contributed by atoms with Gasteiger partial charge in [0.05, 0.1) is 11.9 Å². The van der Waals surface area contributed by atoms with Gasteiger partial charge in [-0.2, -0.15) is 4.79 Å². The molecule has 21 heavy (non-hydrogen) atoms. The van der Waals surface area contributed by atoms with Gasteiger partial charge in [-0.1, -0.05) is 34.1 Å². The average Bonchev–Trinajstić information content (AvgIpc) is 2.92. The first-order valence-electron chi connectivity index (χ1n) is 6.24. The molecule has 0 amide bonds. The lowest BCUT2D eigenvalue weighted by atomic mass is 9.96. The maximum absolute atomic E-state index is 11.8. The van der Waals surface area contributed by atoms with E-state index in [1.807, 2.05) is 6.07 Å². The molecular formula is C14H13BrN2O4. The molecule has 1 heterocycles. The summed E-state index contributed by atoms with van der Waals surface area (Å²) in [6.45, 7) is 1.71. The van der Waals surface area contributed by atoms with E-state index < -0.39 is 17.3 Å². The molecule has 0 bridgehead atoms. The summed E-state index contributed by atoms with van der Waals surface area (Å²) in [6.07, 6.45) is 0. The number of alkyl halides is 1. The maximum Gasteiger partial charge on any atom is 0.420 e. The third-order valence-corrected chi connectivity index (χ3v) is 3.80. The number of para-hydroxylation sites is 1. The van der Waals surface area contributed by atoms with Gasteiger partial charge in [-0.25, -0.2) is 4.79 Å². The van der Waals surface area contributed by atoms with E-state index >= 15 is 0 Å². The van der Waals surface area contributed by atoms with Crippen LogP contribution in [0.25, 0.3) is 16.5 Å². The third kappa shape index (κ3) is 2.76. The van der Waals surface area contributed by atoms with Gasteiger partial charge in [0.15, 0.2) is 0 Å². The highest BCUT2D eigenvalue weighted by molar-refractivity contribution is 9.09. The Kier molecular flexibility index (Phi) is 4.57. The van der Waals surface area contributed by atoms with Crippen LogP contribution in [-0.4, -0.2) is 33.5 Å². The van der Waals surface area contributed by atoms with Crippen LogP contribution in [0.3, 0.4) is 0 Å². The number of halogens is 1. The predicted molar refractivity (Wildman–Crippen MR) is 79.2 cm³/mol. The number of aliphatic hydroxyl groups is 1. The number of benzene rings is 1. The number of ether oxygens (including phenoxy) is 1. The number of nitrogens with zero attached hydrogens (tertiary/aromatic N) is 2. The van der Waals surface area contributed by atoms with Crippen LogP contribution >= 0.6 is 15.9 Å². The number of fused-ring (bicyclic) bond motifs is 1. The summed E-state index contributed by atoms with van der Waals surface area (Å²) in [4.78, 5) is 14.7. The van der Waals surface area contributed by atoms with Crippen LogP contribution in [0, 0.1) is 0 Å². The maximum atomic E-state index is 11.8. The molecule has 2 aromatic rings. The van der Waals surface area contributed by atoms with Crippen molar-refractivity contribution >= 4 is 38.6 Å². The molecule has 0 radical (unpaired) electrons. The lowest BCUT2D eigenvalue weighted by Gasteiger charge is -2.17. The summed E-state index contributed by atoms with van der Waals surface area (Å²) in [5.41, 5.74) is 7.17. The number of hydrogen-bond acceptors (Lipinski definition) is 4. The lowest BCUT2D eigenvalue weighted by Crippen LogP contribution is -2.43. The zero-order chi connectivity index (χ0) is 15.5. The second kappa shape index (κ2) is 6.22. The van der Waals surface area contributed by atoms with Crippen molar-refractivity contribution < 1.29 is 23.8 Å². The van der Waals surface area contributed by atoms with Crippen LogP contribution in [0.5, 0.6) is 0 Å². The molecule has 1 unspecified atom stereocenters. The van der Waals surface area contributed by atoms with Crippen molar-refractivity contribution in [2.45, 2.75) is 12.5 Å². The van der Waals surface area contributed by atoms with E-state index in [1.54, 1.807) is 31.2 Å². The Morgan fingerprint density at radius 3 is 2.81 bits per heavy atom. The van der Waals surface area contributed by atoms with Gasteiger partial charge in [0.25, 0.3) is 0 Å². The molecule has 1 aromatic heterocycles. The van der Waals surface area contributed by atoms with E-state index in [-0.39, 0.29) is 17.7 Å². The number of esters is 1. The lowest BCUT2D eigenvalue weighted by molar-refractivity contribution is -0.143. The zero-order valence-corrected chi connectivity index (χ0v) is 12.8. The summed E-state index contributed by atoms with van der Waals surface area (Å²) in [5.74, 6) is -0.830. The monoisotopic (exact) mass is 352 g/mol. The Balaban J connectivity index is 2.53. The first-order chi connectivity index (χ1) is 10.1. The molecule has 0 fully saturated rings. The van der Waals surface area contributed by atoms with Gasteiger partial charge in [0.1, 0.15) is 11.3 Å². The van der Waals surface area contributed by atoms with E-state index in [1.165, 1.54) is 0 Å². The van der Waals surface area contributed by atoms with E-state index in [2.05, 4.69) is 20.7 Å². The first kappa shape index (κ1) is 15.4. The minimum absolute atomic E-state index is 0.0847. The van der Waals surface area contributed by atoms with Crippen LogP contribution in [0.15, 0.2) is 34.7 Å². The highest BCUT2D eigenvalue weighted by atomic mass is 79.9. The molecule has 0 saturated heterocycles. The molecule has 1 atom stereocenters. The molecule has 6 nitrogen and oxygen atoms in total. The van der Waals surface area contributed by atoms with Gasteiger partial charge < -0.3 is 19.8 Å². The second-order valence-corrected chi connectivity index (χ2v) is 4.87. The minimum Gasteiger partial charge on any atom is -0.457 e.